The number of carbonyl (C=O) groups excluding carboxylic acids is 1. The molecule has 4 nitrogen and oxygen atoms in total. The number of hydrogen-bond donors (Lipinski definition) is 2. The van der Waals surface area contributed by atoms with Crippen molar-refractivity contribution in [1.82, 2.24) is 5.32 Å². The summed E-state index contributed by atoms with van der Waals surface area (Å²) < 4.78 is 5.12. The molecule has 0 heterocycles. The van der Waals surface area contributed by atoms with Crippen LogP contribution in [0.4, 0.5) is 0 Å². The van der Waals surface area contributed by atoms with Gasteiger partial charge in [0, 0.05) is 13.0 Å². The fourth-order valence-corrected chi connectivity index (χ4v) is 2.47. The predicted octanol–water partition coefficient (Wildman–Crippen LogP) is 1.87. The minimum atomic E-state index is -0.225. The Morgan fingerprint density at radius 2 is 2.05 bits per heavy atom. The quantitative estimate of drug-likeness (QED) is 0.799. The van der Waals surface area contributed by atoms with E-state index in [2.05, 4.69) is 12.2 Å². The summed E-state index contributed by atoms with van der Waals surface area (Å²) in [7, 11) is 1.65. The summed E-state index contributed by atoms with van der Waals surface area (Å²) in [5.41, 5.74) is 6.72. The van der Waals surface area contributed by atoms with Gasteiger partial charge in [0.2, 0.25) is 5.91 Å². The highest BCUT2D eigenvalue weighted by Gasteiger charge is 2.41. The molecule has 0 saturated heterocycles. The minimum absolute atomic E-state index is 0.0840. The maximum atomic E-state index is 12.1. The molecule has 1 aromatic rings. The van der Waals surface area contributed by atoms with Gasteiger partial charge in [-0.25, -0.2) is 0 Å². The molecular formula is C16H24N2O2. The molecule has 4 heteroatoms. The second kappa shape index (κ2) is 6.27. The summed E-state index contributed by atoms with van der Waals surface area (Å²) in [6, 6.07) is 7.83. The molecule has 0 radical (unpaired) electrons. The van der Waals surface area contributed by atoms with Gasteiger partial charge in [-0.3, -0.25) is 4.79 Å². The monoisotopic (exact) mass is 276 g/mol. The van der Waals surface area contributed by atoms with E-state index < -0.39 is 0 Å². The summed E-state index contributed by atoms with van der Waals surface area (Å²) in [6.07, 6.45) is 3.58. The van der Waals surface area contributed by atoms with Gasteiger partial charge in [-0.15, -0.1) is 0 Å². The fraction of sp³-hybridized carbons (Fsp3) is 0.562. The number of amides is 1. The van der Waals surface area contributed by atoms with Crippen molar-refractivity contribution in [2.24, 2.45) is 11.7 Å². The molecular weight excluding hydrogens is 252 g/mol. The molecule has 1 aliphatic carbocycles. The van der Waals surface area contributed by atoms with E-state index in [1.165, 1.54) is 12.8 Å². The standard InChI is InChI=1S/C16H24N2O2/c1-16(11-17,13-6-7-13)18-15(19)10-5-12-3-8-14(20-2)9-4-12/h3-4,8-9,13H,5-7,10-11,17H2,1-2H3,(H,18,19). The molecule has 1 saturated carbocycles. The van der Waals surface area contributed by atoms with Crippen LogP contribution < -0.4 is 15.8 Å². The third-order valence-corrected chi connectivity index (χ3v) is 4.13. The third-order valence-electron chi connectivity index (χ3n) is 4.13. The van der Waals surface area contributed by atoms with Crippen LogP contribution in [0.2, 0.25) is 0 Å². The Hall–Kier alpha value is -1.55. The summed E-state index contributed by atoms with van der Waals surface area (Å²) in [4.78, 5) is 12.1. The largest absolute Gasteiger partial charge is 0.497 e. The molecule has 3 N–H and O–H groups in total. The van der Waals surface area contributed by atoms with Crippen molar-refractivity contribution in [2.45, 2.75) is 38.1 Å². The lowest BCUT2D eigenvalue weighted by atomic mass is 9.95. The molecule has 0 aliphatic heterocycles. The first-order valence-electron chi connectivity index (χ1n) is 7.21. The Morgan fingerprint density at radius 3 is 2.55 bits per heavy atom. The Morgan fingerprint density at radius 1 is 1.40 bits per heavy atom. The van der Waals surface area contributed by atoms with E-state index >= 15 is 0 Å². The number of nitrogens with two attached hydrogens (primary N) is 1. The van der Waals surface area contributed by atoms with Crippen LogP contribution in [0.3, 0.4) is 0 Å². The zero-order valence-electron chi connectivity index (χ0n) is 12.3. The van der Waals surface area contributed by atoms with Crippen molar-refractivity contribution in [3.63, 3.8) is 0 Å². The minimum Gasteiger partial charge on any atom is -0.497 e. The highest BCUT2D eigenvalue weighted by molar-refractivity contribution is 5.77. The number of ether oxygens (including phenoxy) is 1. The molecule has 1 aromatic carbocycles. The highest BCUT2D eigenvalue weighted by atomic mass is 16.5. The van der Waals surface area contributed by atoms with Gasteiger partial charge in [-0.2, -0.15) is 0 Å². The SMILES string of the molecule is COc1ccc(CCC(=O)NC(C)(CN)C2CC2)cc1. The van der Waals surface area contributed by atoms with E-state index in [1.807, 2.05) is 24.3 Å². The smallest absolute Gasteiger partial charge is 0.220 e. The molecule has 0 bridgehead atoms. The van der Waals surface area contributed by atoms with Crippen LogP contribution in [0.15, 0.2) is 24.3 Å². The number of benzene rings is 1. The van der Waals surface area contributed by atoms with Gasteiger partial charge in [-0.05, 0) is 49.8 Å². The highest BCUT2D eigenvalue weighted by Crippen LogP contribution is 2.38. The molecule has 1 atom stereocenters. The number of rotatable bonds is 7. The molecule has 1 aliphatic rings. The lowest BCUT2D eigenvalue weighted by molar-refractivity contribution is -0.123. The van der Waals surface area contributed by atoms with Crippen molar-refractivity contribution in [1.29, 1.82) is 0 Å². The summed E-state index contributed by atoms with van der Waals surface area (Å²) in [5, 5.41) is 3.11. The van der Waals surface area contributed by atoms with Crippen molar-refractivity contribution in [3.05, 3.63) is 29.8 Å². The molecule has 1 fully saturated rings. The molecule has 1 amide bonds. The first kappa shape index (κ1) is 14.9. The van der Waals surface area contributed by atoms with Crippen molar-refractivity contribution >= 4 is 5.91 Å². The van der Waals surface area contributed by atoms with Crippen LogP contribution in [-0.2, 0) is 11.2 Å². The van der Waals surface area contributed by atoms with Crippen LogP contribution in [0, 0.1) is 5.92 Å². The van der Waals surface area contributed by atoms with Crippen LogP contribution in [0.5, 0.6) is 5.75 Å². The second-order valence-electron chi connectivity index (χ2n) is 5.79. The third kappa shape index (κ3) is 3.73. The number of hydrogen-bond acceptors (Lipinski definition) is 3. The Balaban J connectivity index is 1.82. The first-order chi connectivity index (χ1) is 9.57. The summed E-state index contributed by atoms with van der Waals surface area (Å²) >= 11 is 0. The Labute approximate surface area is 120 Å². The zero-order valence-corrected chi connectivity index (χ0v) is 12.3. The van der Waals surface area contributed by atoms with E-state index in [-0.39, 0.29) is 11.4 Å². The number of nitrogens with one attached hydrogen (secondary N) is 1. The molecule has 110 valence electrons. The van der Waals surface area contributed by atoms with Crippen molar-refractivity contribution < 1.29 is 9.53 Å². The van der Waals surface area contributed by atoms with Gasteiger partial charge < -0.3 is 15.8 Å². The average molecular weight is 276 g/mol. The van der Waals surface area contributed by atoms with Gasteiger partial charge in [-0.1, -0.05) is 12.1 Å². The molecule has 20 heavy (non-hydrogen) atoms. The second-order valence-corrected chi connectivity index (χ2v) is 5.79. The molecule has 0 spiro atoms. The summed E-state index contributed by atoms with van der Waals surface area (Å²) in [6.45, 7) is 2.56. The maximum Gasteiger partial charge on any atom is 0.220 e. The number of aryl methyl sites for hydroxylation is 1. The zero-order chi connectivity index (χ0) is 14.6. The van der Waals surface area contributed by atoms with E-state index in [0.717, 1.165) is 17.7 Å². The average Bonchev–Trinajstić information content (AvgIpc) is 3.30. The Bertz CT molecular complexity index is 454. The van der Waals surface area contributed by atoms with Gasteiger partial charge >= 0.3 is 0 Å². The molecule has 0 aromatic heterocycles. The lowest BCUT2D eigenvalue weighted by Gasteiger charge is -2.29. The molecule has 2 rings (SSSR count). The van der Waals surface area contributed by atoms with Gasteiger partial charge in [0.1, 0.15) is 5.75 Å². The van der Waals surface area contributed by atoms with Crippen LogP contribution in [0.25, 0.3) is 0 Å². The van der Waals surface area contributed by atoms with Crippen LogP contribution in [0.1, 0.15) is 31.7 Å². The van der Waals surface area contributed by atoms with E-state index in [1.54, 1.807) is 7.11 Å². The van der Waals surface area contributed by atoms with Crippen LogP contribution in [-0.4, -0.2) is 25.1 Å². The predicted molar refractivity (Wildman–Crippen MR) is 79.6 cm³/mol. The number of carbonyl (C=O) groups is 1. The van der Waals surface area contributed by atoms with Crippen molar-refractivity contribution in [3.8, 4) is 5.75 Å². The summed E-state index contributed by atoms with van der Waals surface area (Å²) in [5.74, 6) is 1.47. The maximum absolute atomic E-state index is 12.1. The van der Waals surface area contributed by atoms with E-state index in [0.29, 0.717) is 18.9 Å². The fourth-order valence-electron chi connectivity index (χ4n) is 2.47. The van der Waals surface area contributed by atoms with E-state index in [9.17, 15) is 4.79 Å². The van der Waals surface area contributed by atoms with Gasteiger partial charge in [0.05, 0.1) is 12.6 Å². The first-order valence-corrected chi connectivity index (χ1v) is 7.21. The molecule has 1 unspecified atom stereocenters. The number of methoxy groups -OCH3 is 1. The van der Waals surface area contributed by atoms with Gasteiger partial charge in [0.15, 0.2) is 0 Å². The Kier molecular flexibility index (Phi) is 4.65. The lowest BCUT2D eigenvalue weighted by Crippen LogP contribution is -2.53. The normalized spacial score (nSPS) is 17.4. The van der Waals surface area contributed by atoms with E-state index in [4.69, 9.17) is 10.5 Å². The van der Waals surface area contributed by atoms with Crippen LogP contribution >= 0.6 is 0 Å². The van der Waals surface area contributed by atoms with Gasteiger partial charge in [0.25, 0.3) is 0 Å². The topological polar surface area (TPSA) is 64.3 Å². The van der Waals surface area contributed by atoms with Crippen molar-refractivity contribution in [2.75, 3.05) is 13.7 Å².